The lowest BCUT2D eigenvalue weighted by Crippen LogP contribution is -2.06. The van der Waals surface area contributed by atoms with E-state index in [9.17, 15) is 4.79 Å². The zero-order valence-corrected chi connectivity index (χ0v) is 9.35. The summed E-state index contributed by atoms with van der Waals surface area (Å²) in [5, 5.41) is 2.76. The van der Waals surface area contributed by atoms with E-state index in [1.165, 1.54) is 11.3 Å². The molecule has 0 N–H and O–H groups in total. The summed E-state index contributed by atoms with van der Waals surface area (Å²) < 4.78 is 4.90. The van der Waals surface area contributed by atoms with Gasteiger partial charge in [-0.15, -0.1) is 11.3 Å². The standard InChI is InChI=1S/C10H13NO2S/c1-4-13-10(12)8(3)7(2)9-11-5-6-14-9/h5-6H,4H2,1-3H3/b8-7-. The smallest absolute Gasteiger partial charge is 0.334 e. The van der Waals surface area contributed by atoms with E-state index in [0.717, 1.165) is 10.6 Å². The molecule has 76 valence electrons. The van der Waals surface area contributed by atoms with Crippen LogP contribution in [0.4, 0.5) is 0 Å². The Morgan fingerprint density at radius 2 is 2.29 bits per heavy atom. The van der Waals surface area contributed by atoms with Crippen molar-refractivity contribution in [3.05, 3.63) is 22.2 Å². The molecular weight excluding hydrogens is 198 g/mol. The second kappa shape index (κ2) is 4.91. The van der Waals surface area contributed by atoms with Gasteiger partial charge in [0.1, 0.15) is 5.01 Å². The lowest BCUT2D eigenvalue weighted by molar-refractivity contribution is -0.138. The van der Waals surface area contributed by atoms with Gasteiger partial charge >= 0.3 is 5.97 Å². The van der Waals surface area contributed by atoms with E-state index in [-0.39, 0.29) is 5.97 Å². The third-order valence-corrected chi connectivity index (χ3v) is 2.79. The van der Waals surface area contributed by atoms with Crippen molar-refractivity contribution in [2.45, 2.75) is 20.8 Å². The molecule has 0 aliphatic heterocycles. The molecular formula is C10H13NO2S. The number of hydrogen-bond donors (Lipinski definition) is 0. The normalized spacial score (nSPS) is 12.2. The summed E-state index contributed by atoms with van der Waals surface area (Å²) in [6, 6.07) is 0. The van der Waals surface area contributed by atoms with E-state index >= 15 is 0 Å². The van der Waals surface area contributed by atoms with Crippen LogP contribution in [0.5, 0.6) is 0 Å². The number of allylic oxidation sites excluding steroid dienone is 1. The lowest BCUT2D eigenvalue weighted by Gasteiger charge is -2.04. The summed E-state index contributed by atoms with van der Waals surface area (Å²) in [5.74, 6) is -0.264. The van der Waals surface area contributed by atoms with Crippen LogP contribution in [0.15, 0.2) is 17.2 Å². The maximum atomic E-state index is 11.4. The van der Waals surface area contributed by atoms with E-state index in [2.05, 4.69) is 4.98 Å². The molecule has 0 aromatic carbocycles. The van der Waals surface area contributed by atoms with Crippen molar-refractivity contribution in [1.82, 2.24) is 4.98 Å². The molecule has 0 unspecified atom stereocenters. The van der Waals surface area contributed by atoms with Crippen LogP contribution in [0.2, 0.25) is 0 Å². The molecule has 1 rings (SSSR count). The van der Waals surface area contributed by atoms with Crippen molar-refractivity contribution < 1.29 is 9.53 Å². The third kappa shape index (κ3) is 2.42. The van der Waals surface area contributed by atoms with Crippen LogP contribution in [-0.2, 0) is 9.53 Å². The van der Waals surface area contributed by atoms with Crippen molar-refractivity contribution in [2.75, 3.05) is 6.61 Å². The minimum atomic E-state index is -0.264. The Morgan fingerprint density at radius 3 is 2.79 bits per heavy atom. The summed E-state index contributed by atoms with van der Waals surface area (Å²) in [6.07, 6.45) is 1.72. The number of aromatic nitrogens is 1. The van der Waals surface area contributed by atoms with Crippen molar-refractivity contribution in [2.24, 2.45) is 0 Å². The second-order valence-electron chi connectivity index (χ2n) is 2.81. The predicted octanol–water partition coefficient (Wildman–Crippen LogP) is 2.50. The topological polar surface area (TPSA) is 39.2 Å². The number of rotatable bonds is 3. The van der Waals surface area contributed by atoms with Gasteiger partial charge in [-0.2, -0.15) is 0 Å². The number of hydrogen-bond acceptors (Lipinski definition) is 4. The van der Waals surface area contributed by atoms with Gasteiger partial charge in [0.2, 0.25) is 0 Å². The fourth-order valence-corrected chi connectivity index (χ4v) is 1.66. The third-order valence-electron chi connectivity index (χ3n) is 1.90. The van der Waals surface area contributed by atoms with E-state index in [0.29, 0.717) is 12.2 Å². The first-order chi connectivity index (χ1) is 6.66. The van der Waals surface area contributed by atoms with Crippen LogP contribution in [0.25, 0.3) is 5.57 Å². The highest BCUT2D eigenvalue weighted by atomic mass is 32.1. The Balaban J connectivity index is 2.88. The molecule has 0 saturated heterocycles. The number of esters is 1. The highest BCUT2D eigenvalue weighted by Crippen LogP contribution is 2.20. The van der Waals surface area contributed by atoms with Gasteiger partial charge < -0.3 is 4.74 Å². The second-order valence-corrected chi connectivity index (χ2v) is 3.70. The van der Waals surface area contributed by atoms with Gasteiger partial charge in [0, 0.05) is 17.2 Å². The molecule has 0 atom stereocenters. The molecule has 1 aromatic heterocycles. The Hall–Kier alpha value is -1.16. The molecule has 0 saturated carbocycles. The summed E-state index contributed by atoms with van der Waals surface area (Å²) in [4.78, 5) is 15.5. The number of carbonyl (C=O) groups is 1. The zero-order valence-electron chi connectivity index (χ0n) is 8.53. The Bertz CT molecular complexity index is 341. The summed E-state index contributed by atoms with van der Waals surface area (Å²) in [5.41, 5.74) is 1.51. The van der Waals surface area contributed by atoms with Crippen molar-refractivity contribution in [3.8, 4) is 0 Å². The number of carbonyl (C=O) groups excluding carboxylic acids is 1. The molecule has 0 amide bonds. The van der Waals surface area contributed by atoms with Crippen LogP contribution in [-0.4, -0.2) is 17.6 Å². The molecule has 3 nitrogen and oxygen atoms in total. The maximum absolute atomic E-state index is 11.4. The first kappa shape index (κ1) is 10.9. The molecule has 4 heteroatoms. The molecule has 0 spiro atoms. The summed E-state index contributed by atoms with van der Waals surface area (Å²) in [7, 11) is 0. The van der Waals surface area contributed by atoms with E-state index in [4.69, 9.17) is 4.74 Å². The fraction of sp³-hybridized carbons (Fsp3) is 0.400. The van der Waals surface area contributed by atoms with Gasteiger partial charge in [-0.05, 0) is 26.3 Å². The van der Waals surface area contributed by atoms with Crippen molar-refractivity contribution >= 4 is 22.9 Å². The molecule has 0 bridgehead atoms. The van der Waals surface area contributed by atoms with Crippen LogP contribution < -0.4 is 0 Å². The largest absolute Gasteiger partial charge is 0.463 e. The van der Waals surface area contributed by atoms with Crippen LogP contribution in [0.1, 0.15) is 25.8 Å². The predicted molar refractivity (Wildman–Crippen MR) is 57.0 cm³/mol. The van der Waals surface area contributed by atoms with Crippen LogP contribution >= 0.6 is 11.3 Å². The average Bonchev–Trinajstić information content (AvgIpc) is 2.68. The molecule has 0 aliphatic carbocycles. The average molecular weight is 211 g/mol. The van der Waals surface area contributed by atoms with Crippen LogP contribution in [0, 0.1) is 0 Å². The van der Waals surface area contributed by atoms with Gasteiger partial charge in [0.05, 0.1) is 6.61 Å². The fourth-order valence-electron chi connectivity index (χ4n) is 0.961. The highest BCUT2D eigenvalue weighted by molar-refractivity contribution is 7.10. The van der Waals surface area contributed by atoms with Gasteiger partial charge in [0.25, 0.3) is 0 Å². The highest BCUT2D eigenvalue weighted by Gasteiger charge is 2.11. The lowest BCUT2D eigenvalue weighted by atomic mass is 10.1. The Labute approximate surface area is 87.4 Å². The monoisotopic (exact) mass is 211 g/mol. The minimum Gasteiger partial charge on any atom is -0.463 e. The van der Waals surface area contributed by atoms with Gasteiger partial charge in [0.15, 0.2) is 0 Å². The van der Waals surface area contributed by atoms with E-state index < -0.39 is 0 Å². The summed E-state index contributed by atoms with van der Waals surface area (Å²) >= 11 is 1.52. The molecule has 14 heavy (non-hydrogen) atoms. The molecule has 1 aromatic rings. The van der Waals surface area contributed by atoms with Gasteiger partial charge in [-0.1, -0.05) is 0 Å². The first-order valence-electron chi connectivity index (χ1n) is 4.41. The Kier molecular flexibility index (Phi) is 3.83. The number of thiazole rings is 1. The van der Waals surface area contributed by atoms with Crippen LogP contribution in [0.3, 0.4) is 0 Å². The Morgan fingerprint density at radius 1 is 1.57 bits per heavy atom. The maximum Gasteiger partial charge on any atom is 0.334 e. The number of nitrogens with zero attached hydrogens (tertiary/aromatic N) is 1. The molecule has 0 radical (unpaired) electrons. The SMILES string of the molecule is CCOC(=O)/C(C)=C(/C)c1nccs1. The van der Waals surface area contributed by atoms with Crippen molar-refractivity contribution in [3.63, 3.8) is 0 Å². The van der Waals surface area contributed by atoms with E-state index in [1.807, 2.05) is 12.3 Å². The quantitative estimate of drug-likeness (QED) is 0.569. The van der Waals surface area contributed by atoms with Gasteiger partial charge in [-0.3, -0.25) is 0 Å². The van der Waals surface area contributed by atoms with E-state index in [1.54, 1.807) is 20.0 Å². The zero-order chi connectivity index (χ0) is 10.6. The van der Waals surface area contributed by atoms with Crippen molar-refractivity contribution in [1.29, 1.82) is 0 Å². The molecule has 1 heterocycles. The number of ether oxygens (including phenoxy) is 1. The molecule has 0 aliphatic rings. The van der Waals surface area contributed by atoms with Gasteiger partial charge in [-0.25, -0.2) is 9.78 Å². The molecule has 0 fully saturated rings. The minimum absolute atomic E-state index is 0.264. The summed E-state index contributed by atoms with van der Waals surface area (Å²) in [6.45, 7) is 5.84. The first-order valence-corrected chi connectivity index (χ1v) is 5.29.